The first-order chi connectivity index (χ1) is 13.2. The Balaban J connectivity index is 0.00000420. The lowest BCUT2D eigenvalue weighted by molar-refractivity contribution is 0.410. The molecule has 1 aromatic carbocycles. The molecule has 7 nitrogen and oxygen atoms in total. The summed E-state index contributed by atoms with van der Waals surface area (Å²) in [5.41, 5.74) is 0.977. The lowest BCUT2D eigenvalue weighted by Crippen LogP contribution is -2.37. The van der Waals surface area contributed by atoms with Crippen molar-refractivity contribution in [2.45, 2.75) is 44.7 Å². The zero-order valence-corrected chi connectivity index (χ0v) is 21.4. The zero-order valence-electron chi connectivity index (χ0n) is 17.5. The van der Waals surface area contributed by atoms with Crippen LogP contribution in [0, 0.1) is 6.92 Å². The van der Waals surface area contributed by atoms with Crippen molar-refractivity contribution in [2.75, 3.05) is 20.6 Å². The quantitative estimate of drug-likeness (QED) is 0.299. The van der Waals surface area contributed by atoms with Crippen LogP contribution in [0.15, 0.2) is 40.4 Å². The van der Waals surface area contributed by atoms with Gasteiger partial charge in [-0.15, -0.1) is 35.3 Å². The Labute approximate surface area is 195 Å². The molecule has 0 aliphatic carbocycles. The second-order valence-corrected chi connectivity index (χ2v) is 10.0. The van der Waals surface area contributed by atoms with Crippen LogP contribution in [0.1, 0.15) is 29.3 Å². The van der Waals surface area contributed by atoms with Gasteiger partial charge in [-0.3, -0.25) is 4.99 Å². The average Bonchev–Trinajstić information content (AvgIpc) is 3.09. The molecule has 1 heterocycles. The van der Waals surface area contributed by atoms with E-state index in [2.05, 4.69) is 20.6 Å². The van der Waals surface area contributed by atoms with Crippen LogP contribution in [0.3, 0.4) is 0 Å². The van der Waals surface area contributed by atoms with Gasteiger partial charge >= 0.3 is 0 Å². The summed E-state index contributed by atoms with van der Waals surface area (Å²) >= 11 is 1.70. The molecule has 0 atom stereocenters. The standard InChI is InChI=1S/C19H29N5O2S2.HI/c1-14(2)24(5)28(25,26)17-8-6-16(7-9-17)13-23-19(20-4)21-11-10-18-22-12-15(3)27-18;/h6-9,12,14H,10-11,13H2,1-5H3,(H2,20,21,23);1H. The molecular formula is C19H30IN5O2S2. The summed E-state index contributed by atoms with van der Waals surface area (Å²) in [7, 11) is -0.138. The van der Waals surface area contributed by atoms with E-state index >= 15 is 0 Å². The van der Waals surface area contributed by atoms with E-state index in [4.69, 9.17) is 0 Å². The number of aromatic nitrogens is 1. The van der Waals surface area contributed by atoms with Crippen LogP contribution in [0.5, 0.6) is 0 Å². The predicted molar refractivity (Wildman–Crippen MR) is 131 cm³/mol. The Hall–Kier alpha value is -1.24. The molecule has 2 rings (SSSR count). The molecule has 0 unspecified atom stereocenters. The third-order valence-corrected chi connectivity index (χ3v) is 7.33. The van der Waals surface area contributed by atoms with Crippen molar-refractivity contribution >= 4 is 51.3 Å². The number of rotatable bonds is 8. The van der Waals surface area contributed by atoms with Gasteiger partial charge < -0.3 is 10.6 Å². The fourth-order valence-electron chi connectivity index (χ4n) is 2.43. The third-order valence-electron chi connectivity index (χ3n) is 4.31. The third kappa shape index (κ3) is 7.50. The van der Waals surface area contributed by atoms with Gasteiger partial charge in [-0.2, -0.15) is 4.31 Å². The van der Waals surface area contributed by atoms with Crippen molar-refractivity contribution in [1.82, 2.24) is 19.9 Å². The molecule has 0 amide bonds. The molecule has 2 aromatic rings. The van der Waals surface area contributed by atoms with Crippen LogP contribution in [0.25, 0.3) is 0 Å². The number of nitrogens with one attached hydrogen (secondary N) is 2. The van der Waals surface area contributed by atoms with E-state index in [9.17, 15) is 8.42 Å². The number of aliphatic imine (C=N–C) groups is 1. The van der Waals surface area contributed by atoms with E-state index in [0.717, 1.165) is 23.5 Å². The molecule has 0 bridgehead atoms. The summed E-state index contributed by atoms with van der Waals surface area (Å²) in [6.45, 7) is 7.04. The number of nitrogens with zero attached hydrogens (tertiary/aromatic N) is 3. The predicted octanol–water partition coefficient (Wildman–Crippen LogP) is 3.01. The summed E-state index contributed by atoms with van der Waals surface area (Å²) in [5, 5.41) is 7.60. The minimum absolute atomic E-state index is 0. The minimum atomic E-state index is -3.46. The van der Waals surface area contributed by atoms with E-state index in [1.54, 1.807) is 37.6 Å². The molecule has 1 aromatic heterocycles. The first-order valence-corrected chi connectivity index (χ1v) is 11.4. The van der Waals surface area contributed by atoms with Crippen molar-refractivity contribution in [1.29, 1.82) is 0 Å². The first-order valence-electron chi connectivity index (χ1n) is 9.17. The highest BCUT2D eigenvalue weighted by Gasteiger charge is 2.22. The van der Waals surface area contributed by atoms with Crippen molar-refractivity contribution in [3.8, 4) is 0 Å². The molecule has 0 aliphatic heterocycles. The van der Waals surface area contributed by atoms with Crippen LogP contribution in [0.4, 0.5) is 0 Å². The molecule has 0 saturated carbocycles. The molecule has 2 N–H and O–H groups in total. The lowest BCUT2D eigenvalue weighted by atomic mass is 10.2. The highest BCUT2D eigenvalue weighted by molar-refractivity contribution is 14.0. The van der Waals surface area contributed by atoms with E-state index in [0.29, 0.717) is 17.4 Å². The van der Waals surface area contributed by atoms with Gasteiger partial charge in [0.15, 0.2) is 5.96 Å². The maximum Gasteiger partial charge on any atom is 0.243 e. The SMILES string of the molecule is CN=C(NCCc1ncc(C)s1)NCc1ccc(S(=O)(=O)N(C)C(C)C)cc1.I. The van der Waals surface area contributed by atoms with Gasteiger partial charge in [0.25, 0.3) is 0 Å². The largest absolute Gasteiger partial charge is 0.356 e. The van der Waals surface area contributed by atoms with E-state index in [-0.39, 0.29) is 30.0 Å². The average molecular weight is 552 g/mol. The number of hydrogen-bond donors (Lipinski definition) is 2. The van der Waals surface area contributed by atoms with Crippen LogP contribution in [-0.2, 0) is 23.0 Å². The number of halogens is 1. The maximum atomic E-state index is 12.5. The van der Waals surface area contributed by atoms with Gasteiger partial charge in [-0.05, 0) is 38.5 Å². The van der Waals surface area contributed by atoms with Crippen molar-refractivity contribution in [3.05, 3.63) is 45.9 Å². The number of sulfonamides is 1. The smallest absolute Gasteiger partial charge is 0.243 e. The van der Waals surface area contributed by atoms with Gasteiger partial charge in [-0.25, -0.2) is 13.4 Å². The molecule has 10 heteroatoms. The second-order valence-electron chi connectivity index (χ2n) is 6.73. The van der Waals surface area contributed by atoms with Crippen molar-refractivity contribution < 1.29 is 8.42 Å². The lowest BCUT2D eigenvalue weighted by Gasteiger charge is -2.21. The normalized spacial score (nSPS) is 12.2. The Morgan fingerprint density at radius 1 is 1.24 bits per heavy atom. The van der Waals surface area contributed by atoms with Crippen LogP contribution >= 0.6 is 35.3 Å². The Kier molecular flexibility index (Phi) is 10.5. The van der Waals surface area contributed by atoms with Gasteiger partial charge in [0.2, 0.25) is 10.0 Å². The summed E-state index contributed by atoms with van der Waals surface area (Å²) < 4.78 is 26.4. The fraction of sp³-hybridized carbons (Fsp3) is 0.474. The number of benzene rings is 1. The number of guanidine groups is 1. The highest BCUT2D eigenvalue weighted by atomic mass is 127. The summed E-state index contributed by atoms with van der Waals surface area (Å²) in [5.74, 6) is 0.699. The Morgan fingerprint density at radius 3 is 2.41 bits per heavy atom. The summed E-state index contributed by atoms with van der Waals surface area (Å²) in [4.78, 5) is 10.1. The van der Waals surface area contributed by atoms with Gasteiger partial charge in [0.1, 0.15) is 0 Å². The molecule has 29 heavy (non-hydrogen) atoms. The topological polar surface area (TPSA) is 86.7 Å². The van der Waals surface area contributed by atoms with Crippen LogP contribution < -0.4 is 10.6 Å². The van der Waals surface area contributed by atoms with Gasteiger partial charge in [0, 0.05) is 50.7 Å². The molecule has 0 spiro atoms. The second kappa shape index (κ2) is 11.8. The molecule has 0 fully saturated rings. The van der Waals surface area contributed by atoms with Crippen molar-refractivity contribution in [3.63, 3.8) is 0 Å². The molecule has 0 aliphatic rings. The van der Waals surface area contributed by atoms with Gasteiger partial charge in [0.05, 0.1) is 9.90 Å². The van der Waals surface area contributed by atoms with E-state index < -0.39 is 10.0 Å². The van der Waals surface area contributed by atoms with Crippen LogP contribution in [0.2, 0.25) is 0 Å². The Morgan fingerprint density at radius 2 is 1.90 bits per heavy atom. The first kappa shape index (κ1) is 25.8. The number of hydrogen-bond acceptors (Lipinski definition) is 5. The number of aryl methyl sites for hydroxylation is 1. The van der Waals surface area contributed by atoms with Gasteiger partial charge in [-0.1, -0.05) is 12.1 Å². The van der Waals surface area contributed by atoms with Crippen molar-refractivity contribution in [2.24, 2.45) is 4.99 Å². The maximum absolute atomic E-state index is 12.5. The highest BCUT2D eigenvalue weighted by Crippen LogP contribution is 2.17. The molecule has 0 radical (unpaired) electrons. The van der Waals surface area contributed by atoms with E-state index in [1.165, 1.54) is 9.18 Å². The minimum Gasteiger partial charge on any atom is -0.356 e. The van der Waals surface area contributed by atoms with E-state index in [1.807, 2.05) is 39.1 Å². The fourth-order valence-corrected chi connectivity index (χ4v) is 4.59. The summed E-state index contributed by atoms with van der Waals surface area (Å²) in [6.07, 6.45) is 2.73. The molecule has 0 saturated heterocycles. The number of thiazole rings is 1. The van der Waals surface area contributed by atoms with Crippen LogP contribution in [-0.4, -0.2) is 50.3 Å². The monoisotopic (exact) mass is 551 g/mol. The molecule has 162 valence electrons. The molecular weight excluding hydrogens is 521 g/mol. The Bertz CT molecular complexity index is 896. The zero-order chi connectivity index (χ0) is 20.7. The summed E-state index contributed by atoms with van der Waals surface area (Å²) in [6, 6.07) is 6.84.